The van der Waals surface area contributed by atoms with E-state index in [0.29, 0.717) is 48.5 Å². The maximum Gasteiger partial charge on any atom is 0.258 e. The van der Waals surface area contributed by atoms with Crippen LogP contribution in [0.2, 0.25) is 0 Å². The number of anilines is 2. The van der Waals surface area contributed by atoms with Crippen LogP contribution >= 0.6 is 0 Å². The first-order chi connectivity index (χ1) is 28.2. The molecule has 4 aromatic rings. The van der Waals surface area contributed by atoms with Crippen molar-refractivity contribution in [3.8, 4) is 0 Å². The smallest absolute Gasteiger partial charge is 0.258 e. The Kier molecular flexibility index (Phi) is 10.7. The molecule has 8 bridgehead atoms. The van der Waals surface area contributed by atoms with Gasteiger partial charge in [0.05, 0.1) is 5.69 Å². The van der Waals surface area contributed by atoms with Crippen LogP contribution < -0.4 is 21.3 Å². The molecule has 2 heterocycles. The molecule has 2 aromatic carbocycles. The van der Waals surface area contributed by atoms with E-state index in [2.05, 4.69) is 33.0 Å². The number of benzene rings is 2. The largest absolute Gasteiger partial charge is 0.325 e. The molecule has 8 aliphatic carbocycles. The van der Waals surface area contributed by atoms with Gasteiger partial charge in [-0.2, -0.15) is 0 Å². The molecule has 0 atom stereocenters. The van der Waals surface area contributed by atoms with Gasteiger partial charge in [-0.3, -0.25) is 19.2 Å². The van der Waals surface area contributed by atoms with Gasteiger partial charge >= 0.3 is 0 Å². The summed E-state index contributed by atoms with van der Waals surface area (Å²) in [5.41, 5.74) is 2.14. The molecule has 8 aliphatic rings. The highest BCUT2D eigenvalue weighted by atomic mass is 16.2. The zero-order valence-electron chi connectivity index (χ0n) is 36.2. The Hall–Kier alpha value is -4.20. The van der Waals surface area contributed by atoms with Crippen molar-refractivity contribution >= 4 is 44.7 Å². The fourth-order valence-corrected chi connectivity index (χ4v) is 14.2. The first-order valence-corrected chi connectivity index (χ1v) is 23.0. The van der Waals surface area contributed by atoms with E-state index in [-0.39, 0.29) is 33.8 Å². The number of pyridine rings is 2. The fraction of sp³-hybridized carbons (Fsp3) is 0.608. The SMILES string of the molecule is CC(C)Cn1ccc2c(N(C)C(=O)CC34CC5CC(CC(C5)C3)C4)cccc2c1=O.CC(C)Cn1ccc2c(NC(=O)CC34CC5CC(CC(C5)C3)C4)cccc2c1=O. The second-order valence-corrected chi connectivity index (χ2v) is 21.5. The van der Waals surface area contributed by atoms with Gasteiger partial charge in [0.1, 0.15) is 0 Å². The Morgan fingerprint density at radius 3 is 1.51 bits per heavy atom. The Morgan fingerprint density at radius 1 is 0.610 bits per heavy atom. The highest BCUT2D eigenvalue weighted by Crippen LogP contribution is 2.62. The number of fused-ring (bicyclic) bond motifs is 2. The quantitative estimate of drug-likeness (QED) is 0.173. The topological polar surface area (TPSA) is 93.4 Å². The van der Waals surface area contributed by atoms with Gasteiger partial charge < -0.3 is 19.4 Å². The molecule has 0 aliphatic heterocycles. The van der Waals surface area contributed by atoms with Gasteiger partial charge in [0.2, 0.25) is 11.8 Å². The van der Waals surface area contributed by atoms with Crippen molar-refractivity contribution < 1.29 is 9.59 Å². The average Bonchev–Trinajstić information content (AvgIpc) is 3.15. The maximum absolute atomic E-state index is 13.4. The molecule has 12 rings (SSSR count). The van der Waals surface area contributed by atoms with Gasteiger partial charge in [0.15, 0.2) is 0 Å². The van der Waals surface area contributed by atoms with Crippen LogP contribution in [0.3, 0.4) is 0 Å². The number of hydrogen-bond donors (Lipinski definition) is 1. The van der Waals surface area contributed by atoms with Crippen LogP contribution in [0.5, 0.6) is 0 Å². The predicted octanol–water partition coefficient (Wildman–Crippen LogP) is 10.4. The third kappa shape index (κ3) is 8.06. The summed E-state index contributed by atoms with van der Waals surface area (Å²) in [6.45, 7) is 9.86. The van der Waals surface area contributed by atoms with Crippen LogP contribution in [0.4, 0.5) is 11.4 Å². The molecule has 8 saturated carbocycles. The molecule has 2 aromatic heterocycles. The van der Waals surface area contributed by atoms with E-state index >= 15 is 0 Å². The zero-order valence-corrected chi connectivity index (χ0v) is 36.2. The van der Waals surface area contributed by atoms with E-state index in [1.165, 1.54) is 77.0 Å². The van der Waals surface area contributed by atoms with Crippen molar-refractivity contribution in [2.45, 2.75) is 131 Å². The molecule has 8 fully saturated rings. The van der Waals surface area contributed by atoms with E-state index in [0.717, 1.165) is 57.7 Å². The lowest BCUT2D eigenvalue weighted by Gasteiger charge is -2.56. The van der Waals surface area contributed by atoms with E-state index in [9.17, 15) is 19.2 Å². The van der Waals surface area contributed by atoms with Crippen LogP contribution in [-0.4, -0.2) is 28.0 Å². The van der Waals surface area contributed by atoms with E-state index < -0.39 is 0 Å². The number of aromatic nitrogens is 2. The van der Waals surface area contributed by atoms with Crippen molar-refractivity contribution in [3.63, 3.8) is 0 Å². The highest BCUT2D eigenvalue weighted by Gasteiger charge is 2.53. The minimum absolute atomic E-state index is 0.0217. The summed E-state index contributed by atoms with van der Waals surface area (Å²) in [7, 11) is 1.89. The molecule has 2 amide bonds. The molecular formula is C51H66N4O4. The normalized spacial score (nSPS) is 29.9. The second kappa shape index (κ2) is 15.7. The van der Waals surface area contributed by atoms with E-state index in [1.54, 1.807) is 9.13 Å². The lowest BCUT2D eigenvalue weighted by atomic mass is 9.49. The average molecular weight is 799 g/mol. The first kappa shape index (κ1) is 40.2. The van der Waals surface area contributed by atoms with Crippen molar-refractivity contribution in [1.82, 2.24) is 9.13 Å². The molecule has 8 nitrogen and oxygen atoms in total. The van der Waals surface area contributed by atoms with Gasteiger partial charge in [0, 0.05) is 72.6 Å². The van der Waals surface area contributed by atoms with Gasteiger partial charge in [-0.25, -0.2) is 0 Å². The highest BCUT2D eigenvalue weighted by molar-refractivity contribution is 6.03. The number of hydrogen-bond acceptors (Lipinski definition) is 4. The van der Waals surface area contributed by atoms with Crippen LogP contribution in [0.25, 0.3) is 21.5 Å². The van der Waals surface area contributed by atoms with Gasteiger partial charge in [-0.1, -0.05) is 39.8 Å². The summed E-state index contributed by atoms with van der Waals surface area (Å²) < 4.78 is 3.56. The summed E-state index contributed by atoms with van der Waals surface area (Å²) in [4.78, 5) is 54.1. The van der Waals surface area contributed by atoms with Crippen LogP contribution in [0.1, 0.15) is 118 Å². The maximum atomic E-state index is 13.4. The molecule has 0 radical (unpaired) electrons. The van der Waals surface area contributed by atoms with E-state index in [1.807, 2.05) is 72.9 Å². The fourth-order valence-electron chi connectivity index (χ4n) is 14.2. The number of nitrogens with one attached hydrogen (secondary N) is 1. The van der Waals surface area contributed by atoms with Gasteiger partial charge in [0.25, 0.3) is 11.1 Å². The van der Waals surface area contributed by atoms with Crippen molar-refractivity contribution in [1.29, 1.82) is 0 Å². The number of rotatable bonds is 10. The summed E-state index contributed by atoms with van der Waals surface area (Å²) in [5, 5.41) is 6.26. The minimum atomic E-state index is 0.0217. The number of carbonyl (C=O) groups excluding carboxylic acids is 2. The Balaban J connectivity index is 0.000000152. The number of amides is 2. The van der Waals surface area contributed by atoms with Crippen molar-refractivity contribution in [3.05, 3.63) is 81.6 Å². The summed E-state index contributed by atoms with van der Waals surface area (Å²) in [5.74, 6) is 6.26. The molecule has 59 heavy (non-hydrogen) atoms. The molecule has 0 unspecified atom stereocenters. The van der Waals surface area contributed by atoms with Gasteiger partial charge in [-0.15, -0.1) is 0 Å². The van der Waals surface area contributed by atoms with Crippen LogP contribution in [-0.2, 0) is 22.7 Å². The molecule has 314 valence electrons. The third-order valence-electron chi connectivity index (χ3n) is 15.5. The molecule has 1 N–H and O–H groups in total. The first-order valence-electron chi connectivity index (χ1n) is 23.0. The lowest BCUT2D eigenvalue weighted by molar-refractivity contribution is -0.127. The number of nitrogens with zero attached hydrogens (tertiary/aromatic N) is 3. The van der Waals surface area contributed by atoms with Gasteiger partial charge in [-0.05, 0) is 172 Å². The molecular weight excluding hydrogens is 733 g/mol. The predicted molar refractivity (Wildman–Crippen MR) is 239 cm³/mol. The Morgan fingerprint density at radius 2 is 1.03 bits per heavy atom. The van der Waals surface area contributed by atoms with Crippen LogP contribution in [0, 0.1) is 58.2 Å². The molecule has 0 saturated heterocycles. The van der Waals surface area contributed by atoms with Crippen molar-refractivity contribution in [2.75, 3.05) is 17.3 Å². The monoisotopic (exact) mass is 799 g/mol. The molecule has 8 heteroatoms. The Bertz CT molecular complexity index is 2300. The Labute approximate surface area is 350 Å². The lowest BCUT2D eigenvalue weighted by Crippen LogP contribution is -2.48. The summed E-state index contributed by atoms with van der Waals surface area (Å²) >= 11 is 0. The standard InChI is InChI=1S/C26H34N2O2.C25H32N2O2/c1-17(2)16-28-8-7-21-22(25(28)30)5-4-6-23(21)27(3)24(29)15-26-12-18-9-19(13-26)11-20(10-18)14-26;1-16(2)15-27-7-6-20-21(24(27)29)4-3-5-22(20)26-23(28)14-25-11-17-8-18(12-25)10-19(9-17)13-25/h4-8,17-20H,9-16H2,1-3H3;3-7,16-19H,8-15H2,1-2H3,(H,26,28). The molecule has 0 spiro atoms. The second-order valence-electron chi connectivity index (χ2n) is 21.5. The van der Waals surface area contributed by atoms with Crippen LogP contribution in [0.15, 0.2) is 70.5 Å². The van der Waals surface area contributed by atoms with Crippen molar-refractivity contribution in [2.24, 2.45) is 58.2 Å². The minimum Gasteiger partial charge on any atom is -0.325 e. The third-order valence-corrected chi connectivity index (χ3v) is 15.5. The zero-order chi connectivity index (χ0) is 41.2. The summed E-state index contributed by atoms with van der Waals surface area (Å²) in [6, 6.07) is 15.4. The van der Waals surface area contributed by atoms with E-state index in [4.69, 9.17) is 0 Å². The summed E-state index contributed by atoms with van der Waals surface area (Å²) in [6.07, 6.45) is 20.9. The number of carbonyl (C=O) groups is 2.